The molecule has 0 radical (unpaired) electrons. The predicted octanol–water partition coefficient (Wildman–Crippen LogP) is 2.33. The summed E-state index contributed by atoms with van der Waals surface area (Å²) in [6, 6.07) is 5.55. The van der Waals surface area contributed by atoms with Gasteiger partial charge in [-0.15, -0.1) is 0 Å². The van der Waals surface area contributed by atoms with Gasteiger partial charge < -0.3 is 5.11 Å². The maximum atomic E-state index is 13.2. The lowest BCUT2D eigenvalue weighted by molar-refractivity contribution is -0.384. The van der Waals surface area contributed by atoms with Gasteiger partial charge in [0.25, 0.3) is 5.69 Å². The van der Waals surface area contributed by atoms with Gasteiger partial charge in [0.15, 0.2) is 0 Å². The molecule has 1 aromatic heterocycles. The average molecular weight is 262 g/mol. The van der Waals surface area contributed by atoms with Crippen molar-refractivity contribution in [1.82, 2.24) is 4.98 Å². The Labute approximate surface area is 108 Å². The molecule has 0 aliphatic carbocycles. The number of aliphatic hydroxyl groups excluding tert-OH is 1. The minimum atomic E-state index is -0.515. The number of pyridine rings is 1. The molecule has 6 heteroatoms. The van der Waals surface area contributed by atoms with Gasteiger partial charge in [-0.1, -0.05) is 6.07 Å². The van der Waals surface area contributed by atoms with Gasteiger partial charge in [0.05, 0.1) is 11.1 Å². The van der Waals surface area contributed by atoms with Crippen LogP contribution >= 0.6 is 0 Å². The number of nitro groups is 1. The summed E-state index contributed by atoms with van der Waals surface area (Å²) in [5.74, 6) is -0.515. The molecule has 0 spiro atoms. The van der Waals surface area contributed by atoms with Crippen molar-refractivity contribution in [2.45, 2.75) is 6.42 Å². The highest BCUT2D eigenvalue weighted by Gasteiger charge is 2.12. The molecule has 2 rings (SSSR count). The molecule has 5 nitrogen and oxygen atoms in total. The van der Waals surface area contributed by atoms with Crippen LogP contribution in [0.4, 0.5) is 10.1 Å². The van der Waals surface area contributed by atoms with Gasteiger partial charge in [0.2, 0.25) is 0 Å². The van der Waals surface area contributed by atoms with Crippen molar-refractivity contribution in [3.05, 3.63) is 58.2 Å². The van der Waals surface area contributed by atoms with E-state index in [4.69, 9.17) is 5.11 Å². The minimum absolute atomic E-state index is 0.0825. The monoisotopic (exact) mass is 262 g/mol. The zero-order valence-electron chi connectivity index (χ0n) is 9.91. The van der Waals surface area contributed by atoms with Crippen LogP contribution < -0.4 is 0 Å². The molecule has 98 valence electrons. The number of hydrogen-bond acceptors (Lipinski definition) is 4. The highest BCUT2D eigenvalue weighted by Crippen LogP contribution is 2.28. The summed E-state index contributed by atoms with van der Waals surface area (Å²) < 4.78 is 13.2. The second kappa shape index (κ2) is 5.53. The Morgan fingerprint density at radius 2 is 2.11 bits per heavy atom. The maximum Gasteiger partial charge on any atom is 0.270 e. The summed E-state index contributed by atoms with van der Waals surface area (Å²) in [6.07, 6.45) is 2.83. The average Bonchev–Trinajstić information content (AvgIpc) is 2.39. The fourth-order valence-corrected chi connectivity index (χ4v) is 1.84. The lowest BCUT2D eigenvalue weighted by Gasteiger charge is -2.08. The maximum absolute atomic E-state index is 13.2. The third-order valence-corrected chi connectivity index (χ3v) is 2.70. The highest BCUT2D eigenvalue weighted by molar-refractivity contribution is 5.69. The van der Waals surface area contributed by atoms with Crippen LogP contribution in [-0.2, 0) is 6.42 Å². The molecule has 0 saturated carbocycles. The quantitative estimate of drug-likeness (QED) is 0.677. The van der Waals surface area contributed by atoms with Crippen LogP contribution in [0.2, 0.25) is 0 Å². The third-order valence-electron chi connectivity index (χ3n) is 2.70. The first-order valence-corrected chi connectivity index (χ1v) is 5.61. The van der Waals surface area contributed by atoms with Gasteiger partial charge in [-0.05, 0) is 23.6 Å². The summed E-state index contributed by atoms with van der Waals surface area (Å²) in [6.45, 7) is -0.0897. The molecule has 0 unspecified atom stereocenters. The molecule has 1 heterocycles. The fraction of sp³-hybridized carbons (Fsp3) is 0.154. The number of nitro benzene ring substituents is 1. The van der Waals surface area contributed by atoms with Crippen molar-refractivity contribution in [3.8, 4) is 11.1 Å². The van der Waals surface area contributed by atoms with Crippen molar-refractivity contribution in [2.75, 3.05) is 6.61 Å². The number of rotatable bonds is 4. The fourth-order valence-electron chi connectivity index (χ4n) is 1.84. The molecule has 0 saturated heterocycles. The van der Waals surface area contributed by atoms with E-state index in [-0.39, 0.29) is 12.3 Å². The number of benzene rings is 1. The van der Waals surface area contributed by atoms with Crippen molar-refractivity contribution >= 4 is 5.69 Å². The lowest BCUT2D eigenvalue weighted by Crippen LogP contribution is -1.97. The Morgan fingerprint density at radius 3 is 2.74 bits per heavy atom. The molecular weight excluding hydrogens is 251 g/mol. The Hall–Kier alpha value is -2.34. The Kier molecular flexibility index (Phi) is 3.82. The number of aromatic nitrogens is 1. The summed E-state index contributed by atoms with van der Waals surface area (Å²) >= 11 is 0. The molecule has 0 fully saturated rings. The van der Waals surface area contributed by atoms with Crippen LogP contribution in [0.3, 0.4) is 0 Å². The van der Waals surface area contributed by atoms with E-state index in [0.717, 1.165) is 6.20 Å². The Morgan fingerprint density at radius 1 is 1.32 bits per heavy atom. The third kappa shape index (κ3) is 2.92. The van der Waals surface area contributed by atoms with Crippen molar-refractivity contribution in [1.29, 1.82) is 0 Å². The van der Waals surface area contributed by atoms with Crippen molar-refractivity contribution in [3.63, 3.8) is 0 Å². The van der Waals surface area contributed by atoms with Gasteiger partial charge in [0.1, 0.15) is 5.82 Å². The number of nitrogens with zero attached hydrogens (tertiary/aromatic N) is 2. The SMILES string of the molecule is O=[N+]([O-])c1ccc(CCO)c(-c2cncc(F)c2)c1. The predicted molar refractivity (Wildman–Crippen MR) is 67.1 cm³/mol. The standard InChI is InChI=1S/C13H11FN2O3/c14-11-5-10(7-15-8-11)13-6-12(16(18)19)2-1-9(13)3-4-17/h1-2,5-8,17H,3-4H2. The summed E-state index contributed by atoms with van der Waals surface area (Å²) in [7, 11) is 0. The van der Waals surface area contributed by atoms with Crippen LogP contribution in [0.5, 0.6) is 0 Å². The molecule has 19 heavy (non-hydrogen) atoms. The van der Waals surface area contributed by atoms with E-state index < -0.39 is 10.7 Å². The van der Waals surface area contributed by atoms with Crippen LogP contribution in [-0.4, -0.2) is 21.6 Å². The molecular formula is C13H11FN2O3. The second-order valence-electron chi connectivity index (χ2n) is 3.96. The Bertz CT molecular complexity index is 617. The first-order valence-electron chi connectivity index (χ1n) is 5.61. The van der Waals surface area contributed by atoms with E-state index in [1.807, 2.05) is 0 Å². The van der Waals surface area contributed by atoms with Gasteiger partial charge in [-0.25, -0.2) is 4.39 Å². The number of non-ortho nitro benzene ring substituents is 1. The van der Waals surface area contributed by atoms with Crippen molar-refractivity contribution < 1.29 is 14.4 Å². The summed E-state index contributed by atoms with van der Waals surface area (Å²) in [5.41, 5.74) is 1.59. The normalized spacial score (nSPS) is 10.4. The van der Waals surface area contributed by atoms with E-state index >= 15 is 0 Å². The molecule has 0 aliphatic heterocycles. The number of aliphatic hydroxyl groups is 1. The van der Waals surface area contributed by atoms with E-state index in [1.54, 1.807) is 6.07 Å². The van der Waals surface area contributed by atoms with Crippen molar-refractivity contribution in [2.24, 2.45) is 0 Å². The van der Waals surface area contributed by atoms with E-state index in [2.05, 4.69) is 4.98 Å². The number of hydrogen-bond donors (Lipinski definition) is 1. The summed E-state index contributed by atoms with van der Waals surface area (Å²) in [4.78, 5) is 14.0. The molecule has 0 amide bonds. The molecule has 2 aromatic rings. The largest absolute Gasteiger partial charge is 0.396 e. The van der Waals surface area contributed by atoms with E-state index in [1.165, 1.54) is 24.4 Å². The van der Waals surface area contributed by atoms with Crippen LogP contribution in [0.1, 0.15) is 5.56 Å². The smallest absolute Gasteiger partial charge is 0.270 e. The van der Waals surface area contributed by atoms with Gasteiger partial charge >= 0.3 is 0 Å². The molecule has 1 aromatic carbocycles. The van der Waals surface area contributed by atoms with Crippen LogP contribution in [0.15, 0.2) is 36.7 Å². The first-order chi connectivity index (χ1) is 9.11. The summed E-state index contributed by atoms with van der Waals surface area (Å²) in [5, 5.41) is 19.8. The zero-order valence-corrected chi connectivity index (χ0v) is 9.91. The zero-order chi connectivity index (χ0) is 13.8. The molecule has 1 N–H and O–H groups in total. The first kappa shape index (κ1) is 13.1. The van der Waals surface area contributed by atoms with Gasteiger partial charge in [-0.3, -0.25) is 15.1 Å². The van der Waals surface area contributed by atoms with Crippen LogP contribution in [0.25, 0.3) is 11.1 Å². The topological polar surface area (TPSA) is 76.3 Å². The van der Waals surface area contributed by atoms with E-state index in [0.29, 0.717) is 23.1 Å². The lowest BCUT2D eigenvalue weighted by atomic mass is 9.98. The highest BCUT2D eigenvalue weighted by atomic mass is 19.1. The van der Waals surface area contributed by atoms with Gasteiger partial charge in [0, 0.05) is 30.5 Å². The Balaban J connectivity index is 2.57. The number of halogens is 1. The van der Waals surface area contributed by atoms with E-state index in [9.17, 15) is 14.5 Å². The molecule has 0 atom stereocenters. The van der Waals surface area contributed by atoms with Gasteiger partial charge in [-0.2, -0.15) is 0 Å². The second-order valence-corrected chi connectivity index (χ2v) is 3.96. The molecule has 0 aliphatic rings. The van der Waals surface area contributed by atoms with Crippen LogP contribution in [0, 0.1) is 15.9 Å². The molecule has 0 bridgehead atoms. The minimum Gasteiger partial charge on any atom is -0.396 e.